The highest BCUT2D eigenvalue weighted by atomic mass is 32.2. The first-order valence-electron chi connectivity index (χ1n) is 7.17. The number of hydrogen-bond donors (Lipinski definition) is 2. The minimum Gasteiger partial charge on any atom is -0.325 e. The molecule has 0 unspecified atom stereocenters. The topological polar surface area (TPSA) is 94.9 Å². The molecule has 7 heteroatoms. The Kier molecular flexibility index (Phi) is 6.34. The number of carbonyl (C=O) groups is 2. The number of nitrogens with zero attached hydrogens (tertiary/aromatic N) is 2. The Labute approximate surface area is 144 Å². The van der Waals surface area contributed by atoms with Crippen molar-refractivity contribution in [1.29, 1.82) is 5.26 Å². The molecular formula is C17H16N4O2S. The zero-order valence-corrected chi connectivity index (χ0v) is 13.9. The molecule has 6 nitrogen and oxygen atoms in total. The van der Waals surface area contributed by atoms with E-state index in [4.69, 9.17) is 5.26 Å². The zero-order valence-electron chi connectivity index (χ0n) is 13.1. The molecule has 122 valence electrons. The molecule has 0 bridgehead atoms. The van der Waals surface area contributed by atoms with Crippen molar-refractivity contribution < 1.29 is 9.59 Å². The van der Waals surface area contributed by atoms with Crippen LogP contribution in [0.5, 0.6) is 0 Å². The highest BCUT2D eigenvalue weighted by Gasteiger charge is 2.07. The van der Waals surface area contributed by atoms with E-state index in [1.165, 1.54) is 18.0 Å². The van der Waals surface area contributed by atoms with Crippen molar-refractivity contribution in [1.82, 2.24) is 4.98 Å². The molecule has 2 N–H and O–H groups in total. The van der Waals surface area contributed by atoms with E-state index < -0.39 is 0 Å². The second-order valence-electron chi connectivity index (χ2n) is 5.00. The van der Waals surface area contributed by atoms with Crippen LogP contribution in [0.2, 0.25) is 0 Å². The first-order valence-corrected chi connectivity index (χ1v) is 8.32. The Morgan fingerprint density at radius 2 is 1.75 bits per heavy atom. The number of nitrogens with one attached hydrogen (secondary N) is 2. The van der Waals surface area contributed by atoms with Crippen molar-refractivity contribution in [3.8, 4) is 6.07 Å². The van der Waals surface area contributed by atoms with Crippen molar-refractivity contribution in [2.75, 3.05) is 22.1 Å². The normalized spacial score (nSPS) is 9.83. The number of anilines is 2. The van der Waals surface area contributed by atoms with Crippen molar-refractivity contribution in [3.63, 3.8) is 0 Å². The Hall–Kier alpha value is -2.85. The van der Waals surface area contributed by atoms with Gasteiger partial charge in [-0.1, -0.05) is 17.7 Å². The van der Waals surface area contributed by atoms with Crippen LogP contribution in [-0.4, -0.2) is 28.3 Å². The second-order valence-corrected chi connectivity index (χ2v) is 5.98. The molecule has 0 radical (unpaired) electrons. The van der Waals surface area contributed by atoms with Crippen molar-refractivity contribution in [2.45, 2.75) is 6.92 Å². The lowest BCUT2D eigenvalue weighted by Crippen LogP contribution is -2.18. The summed E-state index contributed by atoms with van der Waals surface area (Å²) in [7, 11) is 0. The number of amides is 2. The van der Waals surface area contributed by atoms with Gasteiger partial charge in [-0.25, -0.2) is 4.98 Å². The van der Waals surface area contributed by atoms with Gasteiger partial charge >= 0.3 is 0 Å². The third-order valence-corrected chi connectivity index (χ3v) is 3.89. The fourth-order valence-electron chi connectivity index (χ4n) is 1.78. The van der Waals surface area contributed by atoms with E-state index in [1.807, 2.05) is 37.3 Å². The standard InChI is InChI=1S/C17H16N4O2S/c1-12-2-5-14(6-3-12)20-16(22)10-24-11-17(23)21-15-7-4-13(8-18)9-19-15/h2-7,9H,10-11H2,1H3,(H,20,22)(H,19,21,23). The summed E-state index contributed by atoms with van der Waals surface area (Å²) in [6.45, 7) is 1.97. The van der Waals surface area contributed by atoms with Gasteiger partial charge in [0.2, 0.25) is 11.8 Å². The van der Waals surface area contributed by atoms with Crippen LogP contribution in [0.1, 0.15) is 11.1 Å². The van der Waals surface area contributed by atoms with E-state index in [9.17, 15) is 9.59 Å². The third-order valence-electron chi connectivity index (χ3n) is 2.96. The number of aryl methyl sites for hydroxylation is 1. The molecule has 1 aromatic heterocycles. The van der Waals surface area contributed by atoms with E-state index in [0.717, 1.165) is 11.3 Å². The molecule has 2 amide bonds. The molecule has 2 rings (SSSR count). The molecule has 1 heterocycles. The van der Waals surface area contributed by atoms with Gasteiger partial charge in [0.1, 0.15) is 11.9 Å². The van der Waals surface area contributed by atoms with Crippen molar-refractivity contribution in [2.24, 2.45) is 0 Å². The zero-order chi connectivity index (χ0) is 17.4. The van der Waals surface area contributed by atoms with E-state index in [1.54, 1.807) is 12.1 Å². The lowest BCUT2D eigenvalue weighted by atomic mass is 10.2. The molecule has 0 aliphatic rings. The molecule has 0 aliphatic heterocycles. The van der Waals surface area contributed by atoms with E-state index in [0.29, 0.717) is 11.4 Å². The van der Waals surface area contributed by atoms with Crippen LogP contribution in [0.15, 0.2) is 42.6 Å². The second kappa shape index (κ2) is 8.70. The predicted molar refractivity (Wildman–Crippen MR) is 94.7 cm³/mol. The third kappa shape index (κ3) is 5.74. The lowest BCUT2D eigenvalue weighted by molar-refractivity contribution is -0.114. The van der Waals surface area contributed by atoms with Gasteiger partial charge < -0.3 is 10.6 Å². The van der Waals surface area contributed by atoms with Gasteiger partial charge in [0.15, 0.2) is 0 Å². The number of carbonyl (C=O) groups excluding carboxylic acids is 2. The number of pyridine rings is 1. The minimum atomic E-state index is -0.250. The monoisotopic (exact) mass is 340 g/mol. The highest BCUT2D eigenvalue weighted by molar-refractivity contribution is 8.00. The number of rotatable bonds is 6. The first kappa shape index (κ1) is 17.5. The van der Waals surface area contributed by atoms with Gasteiger partial charge in [-0.2, -0.15) is 5.26 Å². The van der Waals surface area contributed by atoms with E-state index >= 15 is 0 Å². The predicted octanol–water partition coefficient (Wildman–Crippen LogP) is 2.57. The van der Waals surface area contributed by atoms with Crippen LogP contribution >= 0.6 is 11.8 Å². The molecule has 0 saturated heterocycles. The molecule has 0 atom stereocenters. The van der Waals surface area contributed by atoms with Crippen LogP contribution < -0.4 is 10.6 Å². The number of thioether (sulfide) groups is 1. The maximum Gasteiger partial charge on any atom is 0.235 e. The van der Waals surface area contributed by atoms with Gasteiger partial charge in [0.05, 0.1) is 17.1 Å². The number of hydrogen-bond acceptors (Lipinski definition) is 5. The van der Waals surface area contributed by atoms with Crippen molar-refractivity contribution >= 4 is 35.1 Å². The molecule has 24 heavy (non-hydrogen) atoms. The smallest absolute Gasteiger partial charge is 0.235 e. The van der Waals surface area contributed by atoms with Gasteiger partial charge in [-0.15, -0.1) is 11.8 Å². The summed E-state index contributed by atoms with van der Waals surface area (Å²) in [4.78, 5) is 27.5. The Morgan fingerprint density at radius 3 is 2.33 bits per heavy atom. The van der Waals surface area contributed by atoms with Gasteiger partial charge in [0, 0.05) is 11.9 Å². The summed E-state index contributed by atoms with van der Waals surface area (Å²) < 4.78 is 0. The number of benzene rings is 1. The molecule has 0 saturated carbocycles. The van der Waals surface area contributed by atoms with Crippen LogP contribution in [0.3, 0.4) is 0 Å². The van der Waals surface area contributed by atoms with E-state index in [-0.39, 0.29) is 23.3 Å². The number of nitriles is 1. The highest BCUT2D eigenvalue weighted by Crippen LogP contribution is 2.10. The molecule has 2 aromatic rings. The molecule has 0 fully saturated rings. The maximum atomic E-state index is 11.8. The summed E-state index contributed by atoms with van der Waals surface area (Å²) in [5.41, 5.74) is 2.28. The van der Waals surface area contributed by atoms with Gasteiger partial charge in [0.25, 0.3) is 0 Å². The number of aromatic nitrogens is 1. The minimum absolute atomic E-state index is 0.142. The van der Waals surface area contributed by atoms with E-state index in [2.05, 4.69) is 15.6 Å². The lowest BCUT2D eigenvalue weighted by Gasteiger charge is -2.06. The van der Waals surface area contributed by atoms with Crippen LogP contribution in [0, 0.1) is 18.3 Å². The summed E-state index contributed by atoms with van der Waals surface area (Å²) in [5.74, 6) is 0.294. The average molecular weight is 340 g/mol. The Morgan fingerprint density at radius 1 is 1.08 bits per heavy atom. The summed E-state index contributed by atoms with van der Waals surface area (Å²) in [5, 5.41) is 14.1. The summed E-state index contributed by atoms with van der Waals surface area (Å²) >= 11 is 1.21. The largest absolute Gasteiger partial charge is 0.325 e. The fraction of sp³-hybridized carbons (Fsp3) is 0.176. The molecule has 1 aromatic carbocycles. The average Bonchev–Trinajstić information content (AvgIpc) is 2.57. The van der Waals surface area contributed by atoms with Crippen LogP contribution in [0.4, 0.5) is 11.5 Å². The molecule has 0 spiro atoms. The van der Waals surface area contributed by atoms with Crippen LogP contribution in [0.25, 0.3) is 0 Å². The maximum absolute atomic E-state index is 11.8. The summed E-state index contributed by atoms with van der Waals surface area (Å²) in [6, 6.07) is 12.6. The van der Waals surface area contributed by atoms with Crippen molar-refractivity contribution in [3.05, 3.63) is 53.7 Å². The molecular weight excluding hydrogens is 324 g/mol. The van der Waals surface area contributed by atoms with Gasteiger partial charge in [-0.3, -0.25) is 9.59 Å². The Balaban J connectivity index is 1.70. The van der Waals surface area contributed by atoms with Gasteiger partial charge in [-0.05, 0) is 31.2 Å². The summed E-state index contributed by atoms with van der Waals surface area (Å²) in [6.07, 6.45) is 1.39. The van der Waals surface area contributed by atoms with Crippen LogP contribution in [-0.2, 0) is 9.59 Å². The Bertz CT molecular complexity index is 752. The fourth-order valence-corrected chi connectivity index (χ4v) is 2.40. The molecule has 0 aliphatic carbocycles. The first-order chi connectivity index (χ1) is 11.6. The SMILES string of the molecule is Cc1ccc(NC(=O)CSCC(=O)Nc2ccc(C#N)cn2)cc1. The quantitative estimate of drug-likeness (QED) is 0.843.